The Morgan fingerprint density at radius 2 is 1.74 bits per heavy atom. The maximum Gasteiger partial charge on any atom is 0.243 e. The first-order valence-electron chi connectivity index (χ1n) is 8.84. The number of aryl methyl sites for hydroxylation is 1. The number of nitrogens with one attached hydrogen (secondary N) is 2. The Morgan fingerprint density at radius 3 is 2.41 bits per heavy atom. The molecule has 2 aromatic carbocycles. The molecular formula is C19H23N3O3S2. The van der Waals surface area contributed by atoms with E-state index in [-0.39, 0.29) is 4.90 Å². The van der Waals surface area contributed by atoms with Gasteiger partial charge in [-0.1, -0.05) is 25.1 Å². The average molecular weight is 406 g/mol. The number of thiocarbonyl (C=S) groups is 1. The third-order valence-electron chi connectivity index (χ3n) is 4.37. The minimum absolute atomic E-state index is 0.269. The summed E-state index contributed by atoms with van der Waals surface area (Å²) in [5.41, 5.74) is 2.86. The maximum atomic E-state index is 12.6. The normalized spacial score (nSPS) is 15.3. The molecule has 1 aliphatic heterocycles. The van der Waals surface area contributed by atoms with Crippen LogP contribution in [0.25, 0.3) is 0 Å². The number of sulfonamides is 1. The summed E-state index contributed by atoms with van der Waals surface area (Å²) in [6.45, 7) is 3.71. The molecule has 1 heterocycles. The minimum Gasteiger partial charge on any atom is -0.379 e. The molecule has 1 saturated heterocycles. The lowest BCUT2D eigenvalue weighted by Gasteiger charge is -2.26. The highest BCUT2D eigenvalue weighted by molar-refractivity contribution is 7.89. The summed E-state index contributed by atoms with van der Waals surface area (Å²) >= 11 is 5.37. The van der Waals surface area contributed by atoms with Gasteiger partial charge in [0.05, 0.1) is 18.1 Å². The zero-order valence-electron chi connectivity index (χ0n) is 15.1. The SMILES string of the molecule is CCc1ccccc1NC(=S)Nc1ccc(S(=O)(=O)N2CCOCC2)cc1. The van der Waals surface area contributed by atoms with Crippen molar-refractivity contribution in [3.63, 3.8) is 0 Å². The van der Waals surface area contributed by atoms with Crippen molar-refractivity contribution in [1.82, 2.24) is 4.31 Å². The third kappa shape index (κ3) is 4.84. The summed E-state index contributed by atoms with van der Waals surface area (Å²) in [5, 5.41) is 6.74. The number of ether oxygens (including phenoxy) is 1. The zero-order chi connectivity index (χ0) is 19.3. The standard InChI is InChI=1S/C19H23N3O3S2/c1-2-15-5-3-4-6-18(15)21-19(26)20-16-7-9-17(10-8-16)27(23,24)22-11-13-25-14-12-22/h3-10H,2,11-14H2,1H3,(H2,20,21,26). The van der Waals surface area contributed by atoms with Crippen LogP contribution in [-0.4, -0.2) is 44.1 Å². The smallest absolute Gasteiger partial charge is 0.243 e. The third-order valence-corrected chi connectivity index (χ3v) is 6.48. The van der Waals surface area contributed by atoms with Crippen molar-refractivity contribution in [3.05, 3.63) is 54.1 Å². The van der Waals surface area contributed by atoms with Crippen LogP contribution in [0.5, 0.6) is 0 Å². The van der Waals surface area contributed by atoms with Crippen molar-refractivity contribution < 1.29 is 13.2 Å². The molecule has 0 aromatic heterocycles. The molecular weight excluding hydrogens is 382 g/mol. The lowest BCUT2D eigenvalue weighted by molar-refractivity contribution is 0.0730. The van der Waals surface area contributed by atoms with Crippen LogP contribution in [0.2, 0.25) is 0 Å². The van der Waals surface area contributed by atoms with Crippen LogP contribution in [0, 0.1) is 0 Å². The topological polar surface area (TPSA) is 70.7 Å². The quantitative estimate of drug-likeness (QED) is 0.745. The highest BCUT2D eigenvalue weighted by atomic mass is 32.2. The molecule has 1 fully saturated rings. The van der Waals surface area contributed by atoms with E-state index in [1.165, 1.54) is 9.87 Å². The molecule has 0 radical (unpaired) electrons. The van der Waals surface area contributed by atoms with Gasteiger partial charge in [-0.05, 0) is 54.5 Å². The van der Waals surface area contributed by atoms with Gasteiger partial charge in [-0.15, -0.1) is 0 Å². The van der Waals surface area contributed by atoms with Crippen LogP contribution in [0.1, 0.15) is 12.5 Å². The van der Waals surface area contributed by atoms with E-state index in [4.69, 9.17) is 17.0 Å². The lowest BCUT2D eigenvalue weighted by atomic mass is 10.1. The summed E-state index contributed by atoms with van der Waals surface area (Å²) in [6.07, 6.45) is 0.903. The number of anilines is 2. The van der Waals surface area contributed by atoms with E-state index >= 15 is 0 Å². The highest BCUT2D eigenvalue weighted by Gasteiger charge is 2.26. The fourth-order valence-electron chi connectivity index (χ4n) is 2.88. The number of benzene rings is 2. The predicted octanol–water partition coefficient (Wildman–Crippen LogP) is 3.08. The Bertz CT molecular complexity index is 893. The largest absolute Gasteiger partial charge is 0.379 e. The van der Waals surface area contributed by atoms with E-state index in [9.17, 15) is 8.42 Å². The van der Waals surface area contributed by atoms with E-state index in [1.54, 1.807) is 24.3 Å². The van der Waals surface area contributed by atoms with Gasteiger partial charge in [0.15, 0.2) is 5.11 Å². The van der Waals surface area contributed by atoms with Crippen molar-refractivity contribution in [3.8, 4) is 0 Å². The Balaban J connectivity index is 1.66. The van der Waals surface area contributed by atoms with Crippen LogP contribution >= 0.6 is 12.2 Å². The molecule has 144 valence electrons. The summed E-state index contributed by atoms with van der Waals surface area (Å²) in [5.74, 6) is 0. The Kier molecular flexibility index (Phi) is 6.43. The first-order valence-corrected chi connectivity index (χ1v) is 10.7. The summed E-state index contributed by atoms with van der Waals surface area (Å²) < 4.78 is 32.0. The summed E-state index contributed by atoms with van der Waals surface area (Å²) in [6, 6.07) is 14.6. The van der Waals surface area contributed by atoms with Crippen LogP contribution in [-0.2, 0) is 21.2 Å². The molecule has 0 atom stereocenters. The van der Waals surface area contributed by atoms with Crippen LogP contribution < -0.4 is 10.6 Å². The molecule has 0 spiro atoms. The van der Waals surface area contributed by atoms with Crippen molar-refractivity contribution in [1.29, 1.82) is 0 Å². The van der Waals surface area contributed by atoms with E-state index in [0.717, 1.165) is 17.8 Å². The first kappa shape index (κ1) is 19.8. The van der Waals surface area contributed by atoms with Crippen LogP contribution in [0.15, 0.2) is 53.4 Å². The highest BCUT2D eigenvalue weighted by Crippen LogP contribution is 2.20. The number of rotatable bonds is 5. The fourth-order valence-corrected chi connectivity index (χ4v) is 4.52. The number of hydrogen-bond donors (Lipinski definition) is 2. The van der Waals surface area contributed by atoms with Crippen molar-refractivity contribution in [2.75, 3.05) is 36.9 Å². The maximum absolute atomic E-state index is 12.6. The van der Waals surface area contributed by atoms with Crippen molar-refractivity contribution in [2.24, 2.45) is 0 Å². The van der Waals surface area contributed by atoms with E-state index in [2.05, 4.69) is 23.6 Å². The van der Waals surface area contributed by atoms with Gasteiger partial charge in [-0.3, -0.25) is 0 Å². The zero-order valence-corrected chi connectivity index (χ0v) is 16.8. The molecule has 0 aliphatic carbocycles. The Hall–Kier alpha value is -2.00. The van der Waals surface area contributed by atoms with Crippen LogP contribution in [0.4, 0.5) is 11.4 Å². The van der Waals surface area contributed by atoms with Gasteiger partial charge in [0.25, 0.3) is 0 Å². The first-order chi connectivity index (χ1) is 13.0. The predicted molar refractivity (Wildman–Crippen MR) is 112 cm³/mol. The molecule has 1 aliphatic rings. The molecule has 6 nitrogen and oxygen atoms in total. The molecule has 0 saturated carbocycles. The second-order valence-corrected chi connectivity index (χ2v) is 8.48. The Morgan fingerprint density at radius 1 is 1.07 bits per heavy atom. The molecule has 0 unspecified atom stereocenters. The lowest BCUT2D eigenvalue weighted by Crippen LogP contribution is -2.40. The summed E-state index contributed by atoms with van der Waals surface area (Å²) in [7, 11) is -3.49. The van der Waals surface area contributed by atoms with Crippen molar-refractivity contribution >= 4 is 38.7 Å². The number of hydrogen-bond acceptors (Lipinski definition) is 4. The minimum atomic E-state index is -3.49. The van der Waals surface area contributed by atoms with E-state index in [1.807, 2.05) is 18.2 Å². The van der Waals surface area contributed by atoms with Gasteiger partial charge in [0.1, 0.15) is 0 Å². The second kappa shape index (κ2) is 8.79. The molecule has 2 aromatic rings. The van der Waals surface area contributed by atoms with Gasteiger partial charge >= 0.3 is 0 Å². The molecule has 0 amide bonds. The Labute approximate surface area is 165 Å². The fraction of sp³-hybridized carbons (Fsp3) is 0.316. The van der Waals surface area contributed by atoms with Gasteiger partial charge < -0.3 is 15.4 Å². The van der Waals surface area contributed by atoms with Gasteiger partial charge in [0.2, 0.25) is 10.0 Å². The molecule has 3 rings (SSSR count). The monoisotopic (exact) mass is 405 g/mol. The van der Waals surface area contributed by atoms with Crippen molar-refractivity contribution in [2.45, 2.75) is 18.2 Å². The number of para-hydroxylation sites is 1. The van der Waals surface area contributed by atoms with Crippen LogP contribution in [0.3, 0.4) is 0 Å². The molecule has 0 bridgehead atoms. The van der Waals surface area contributed by atoms with E-state index in [0.29, 0.717) is 31.4 Å². The molecule has 8 heteroatoms. The number of nitrogens with zero attached hydrogens (tertiary/aromatic N) is 1. The summed E-state index contributed by atoms with van der Waals surface area (Å²) in [4.78, 5) is 0.269. The molecule has 2 N–H and O–H groups in total. The van der Waals surface area contributed by atoms with Gasteiger partial charge in [0, 0.05) is 24.5 Å². The van der Waals surface area contributed by atoms with Gasteiger partial charge in [-0.25, -0.2) is 8.42 Å². The number of morpholine rings is 1. The van der Waals surface area contributed by atoms with E-state index < -0.39 is 10.0 Å². The average Bonchev–Trinajstić information content (AvgIpc) is 2.69. The molecule has 27 heavy (non-hydrogen) atoms. The second-order valence-electron chi connectivity index (χ2n) is 6.13. The van der Waals surface area contributed by atoms with Gasteiger partial charge in [-0.2, -0.15) is 4.31 Å².